The average molecular weight is 343 g/mol. The van der Waals surface area contributed by atoms with Gasteiger partial charge in [0, 0.05) is 11.8 Å². The first-order chi connectivity index (χ1) is 11.7. The maximum Gasteiger partial charge on any atom is 0.349 e. The second-order valence-corrected chi connectivity index (χ2v) is 6.46. The fraction of sp³-hybridized carbons (Fsp3) is 0.294. The first kappa shape index (κ1) is 16.3. The molecule has 7 heteroatoms. The van der Waals surface area contributed by atoms with Crippen LogP contribution in [0.2, 0.25) is 0 Å². The van der Waals surface area contributed by atoms with Crippen molar-refractivity contribution in [1.29, 1.82) is 0 Å². The minimum atomic E-state index is -0.668. The third-order valence-corrected chi connectivity index (χ3v) is 4.47. The molecule has 0 saturated heterocycles. The summed E-state index contributed by atoms with van der Waals surface area (Å²) in [6.45, 7) is 2.14. The smallest absolute Gasteiger partial charge is 0.349 e. The second-order valence-electron chi connectivity index (χ2n) is 5.40. The average Bonchev–Trinajstić information content (AvgIpc) is 3.01. The Morgan fingerprint density at radius 2 is 2.08 bits per heavy atom. The number of rotatable bonds is 6. The standard InChI is InChI=1S/C17H17N3O3S/c1-2-3-4-9-14-19-20-17(24-14)18-15(21)12-10-11-7-5-6-8-13(11)23-16(12)22/h5-8,10H,2-4,9H2,1H3,(H,18,20,21). The quantitative estimate of drug-likeness (QED) is 0.546. The van der Waals surface area contributed by atoms with Crippen molar-refractivity contribution in [3.05, 3.63) is 51.3 Å². The van der Waals surface area contributed by atoms with Crippen molar-refractivity contribution in [2.75, 3.05) is 5.32 Å². The molecular weight excluding hydrogens is 326 g/mol. The van der Waals surface area contributed by atoms with Gasteiger partial charge in [0.05, 0.1) is 0 Å². The normalized spacial score (nSPS) is 10.9. The fourth-order valence-corrected chi connectivity index (χ4v) is 3.09. The highest BCUT2D eigenvalue weighted by atomic mass is 32.1. The maximum absolute atomic E-state index is 12.3. The van der Waals surface area contributed by atoms with E-state index in [4.69, 9.17) is 4.42 Å². The first-order valence-electron chi connectivity index (χ1n) is 7.84. The molecule has 0 spiro atoms. The van der Waals surface area contributed by atoms with Crippen molar-refractivity contribution < 1.29 is 9.21 Å². The van der Waals surface area contributed by atoms with Crippen LogP contribution in [0.4, 0.5) is 5.13 Å². The van der Waals surface area contributed by atoms with E-state index in [1.54, 1.807) is 18.2 Å². The van der Waals surface area contributed by atoms with Crippen molar-refractivity contribution in [3.8, 4) is 0 Å². The lowest BCUT2D eigenvalue weighted by atomic mass is 10.2. The largest absolute Gasteiger partial charge is 0.422 e. The molecule has 0 aliphatic rings. The number of nitrogens with zero attached hydrogens (tertiary/aromatic N) is 2. The zero-order chi connectivity index (χ0) is 16.9. The molecule has 1 amide bonds. The summed E-state index contributed by atoms with van der Waals surface area (Å²) in [4.78, 5) is 24.3. The van der Waals surface area contributed by atoms with E-state index in [1.165, 1.54) is 17.4 Å². The number of carbonyl (C=O) groups is 1. The Balaban J connectivity index is 1.75. The van der Waals surface area contributed by atoms with Crippen LogP contribution in [0.5, 0.6) is 0 Å². The summed E-state index contributed by atoms with van der Waals surface area (Å²) >= 11 is 1.33. The van der Waals surface area contributed by atoms with Crippen molar-refractivity contribution in [2.24, 2.45) is 0 Å². The number of anilines is 1. The molecule has 0 aliphatic heterocycles. The number of carbonyl (C=O) groups excluding carboxylic acids is 1. The number of benzene rings is 1. The Kier molecular flexibility index (Phi) is 5.00. The van der Waals surface area contributed by atoms with Crippen LogP contribution in [0.3, 0.4) is 0 Å². The summed E-state index contributed by atoms with van der Waals surface area (Å²) in [5.74, 6) is -0.536. The van der Waals surface area contributed by atoms with Gasteiger partial charge in [0.1, 0.15) is 16.2 Å². The van der Waals surface area contributed by atoms with E-state index < -0.39 is 11.5 Å². The predicted molar refractivity (Wildman–Crippen MR) is 93.6 cm³/mol. The number of aryl methyl sites for hydroxylation is 1. The molecule has 0 radical (unpaired) electrons. The molecule has 124 valence electrons. The zero-order valence-electron chi connectivity index (χ0n) is 13.2. The van der Waals surface area contributed by atoms with E-state index in [0.717, 1.165) is 30.7 Å². The molecule has 0 bridgehead atoms. The second kappa shape index (κ2) is 7.35. The first-order valence-corrected chi connectivity index (χ1v) is 8.65. The molecule has 1 N–H and O–H groups in total. The summed E-state index contributed by atoms with van der Waals surface area (Å²) in [6, 6.07) is 8.58. The molecule has 0 aliphatic carbocycles. The van der Waals surface area contributed by atoms with Crippen molar-refractivity contribution in [2.45, 2.75) is 32.6 Å². The molecule has 3 aromatic rings. The summed E-state index contributed by atoms with van der Waals surface area (Å²) in [6.07, 6.45) is 4.17. The van der Waals surface area contributed by atoms with E-state index in [-0.39, 0.29) is 5.56 Å². The SMILES string of the molecule is CCCCCc1nnc(NC(=O)c2cc3ccccc3oc2=O)s1. The van der Waals surface area contributed by atoms with E-state index >= 15 is 0 Å². The summed E-state index contributed by atoms with van der Waals surface area (Å²) in [5, 5.41) is 12.6. The summed E-state index contributed by atoms with van der Waals surface area (Å²) < 4.78 is 5.17. The number of aromatic nitrogens is 2. The lowest BCUT2D eigenvalue weighted by Gasteiger charge is -2.01. The third kappa shape index (κ3) is 3.68. The molecule has 3 rings (SSSR count). The van der Waals surface area contributed by atoms with Gasteiger partial charge in [0.2, 0.25) is 5.13 Å². The Hall–Kier alpha value is -2.54. The van der Waals surface area contributed by atoms with Crippen LogP contribution in [0.15, 0.2) is 39.5 Å². The fourth-order valence-electron chi connectivity index (χ4n) is 2.32. The zero-order valence-corrected chi connectivity index (χ0v) is 14.1. The molecule has 0 fully saturated rings. The number of fused-ring (bicyclic) bond motifs is 1. The lowest BCUT2D eigenvalue weighted by molar-refractivity contribution is 0.102. The van der Waals surface area contributed by atoms with Crippen LogP contribution >= 0.6 is 11.3 Å². The molecule has 2 heterocycles. The molecule has 0 saturated carbocycles. The van der Waals surface area contributed by atoms with Crippen LogP contribution < -0.4 is 10.9 Å². The van der Waals surface area contributed by atoms with Gasteiger partial charge in [-0.25, -0.2) is 4.79 Å². The van der Waals surface area contributed by atoms with Crippen LogP contribution in [0.1, 0.15) is 41.6 Å². The van der Waals surface area contributed by atoms with Crippen LogP contribution in [0.25, 0.3) is 11.0 Å². The van der Waals surface area contributed by atoms with Crippen molar-refractivity contribution in [3.63, 3.8) is 0 Å². The molecule has 6 nitrogen and oxygen atoms in total. The molecule has 0 unspecified atom stereocenters. The van der Waals surface area contributed by atoms with E-state index in [0.29, 0.717) is 16.1 Å². The van der Waals surface area contributed by atoms with Gasteiger partial charge < -0.3 is 4.42 Å². The van der Waals surface area contributed by atoms with Crippen molar-refractivity contribution in [1.82, 2.24) is 10.2 Å². The molecular formula is C17H17N3O3S. The van der Waals surface area contributed by atoms with Gasteiger partial charge in [-0.05, 0) is 18.6 Å². The molecule has 24 heavy (non-hydrogen) atoms. The number of amides is 1. The lowest BCUT2D eigenvalue weighted by Crippen LogP contribution is -2.20. The topological polar surface area (TPSA) is 85.1 Å². The maximum atomic E-state index is 12.3. The Labute approximate surface area is 142 Å². The Morgan fingerprint density at radius 1 is 1.25 bits per heavy atom. The van der Waals surface area contributed by atoms with Gasteiger partial charge in [-0.2, -0.15) is 0 Å². The Bertz CT molecular complexity index is 917. The summed E-state index contributed by atoms with van der Waals surface area (Å²) in [5.41, 5.74) is -0.261. The molecule has 0 atom stereocenters. The number of nitrogens with one attached hydrogen (secondary N) is 1. The monoisotopic (exact) mass is 343 g/mol. The van der Waals surface area contributed by atoms with Gasteiger partial charge in [0.15, 0.2) is 0 Å². The summed E-state index contributed by atoms with van der Waals surface area (Å²) in [7, 11) is 0. The van der Waals surface area contributed by atoms with Crippen LogP contribution in [-0.2, 0) is 6.42 Å². The van der Waals surface area contributed by atoms with Gasteiger partial charge in [-0.3, -0.25) is 10.1 Å². The molecule has 1 aromatic carbocycles. The molecule has 2 aromatic heterocycles. The highest BCUT2D eigenvalue weighted by Gasteiger charge is 2.15. The van der Waals surface area contributed by atoms with Gasteiger partial charge in [-0.1, -0.05) is 49.3 Å². The minimum absolute atomic E-state index is 0.0450. The predicted octanol–water partition coefficient (Wildman–Crippen LogP) is 3.63. The number of para-hydroxylation sites is 1. The third-order valence-electron chi connectivity index (χ3n) is 3.57. The van der Waals surface area contributed by atoms with E-state index in [1.807, 2.05) is 6.07 Å². The minimum Gasteiger partial charge on any atom is -0.422 e. The van der Waals surface area contributed by atoms with Gasteiger partial charge >= 0.3 is 5.63 Å². The van der Waals surface area contributed by atoms with Crippen molar-refractivity contribution >= 4 is 33.3 Å². The van der Waals surface area contributed by atoms with Gasteiger partial charge in [0.25, 0.3) is 5.91 Å². The van der Waals surface area contributed by atoms with Crippen LogP contribution in [0, 0.1) is 0 Å². The Morgan fingerprint density at radius 3 is 2.92 bits per heavy atom. The number of unbranched alkanes of at least 4 members (excludes halogenated alkanes) is 2. The highest BCUT2D eigenvalue weighted by Crippen LogP contribution is 2.19. The van der Waals surface area contributed by atoms with E-state index in [9.17, 15) is 9.59 Å². The van der Waals surface area contributed by atoms with Gasteiger partial charge in [-0.15, -0.1) is 10.2 Å². The van der Waals surface area contributed by atoms with E-state index in [2.05, 4.69) is 22.4 Å². The van der Waals surface area contributed by atoms with Crippen LogP contribution in [-0.4, -0.2) is 16.1 Å². The number of hydrogen-bond donors (Lipinski definition) is 1. The number of hydrogen-bond acceptors (Lipinski definition) is 6. The highest BCUT2D eigenvalue weighted by molar-refractivity contribution is 7.15.